The van der Waals surface area contributed by atoms with Crippen molar-refractivity contribution in [3.05, 3.63) is 52.6 Å². The lowest BCUT2D eigenvalue weighted by Gasteiger charge is -2.23. The summed E-state index contributed by atoms with van der Waals surface area (Å²) in [4.78, 5) is 12.1. The predicted molar refractivity (Wildman–Crippen MR) is 93.1 cm³/mol. The van der Waals surface area contributed by atoms with Crippen molar-refractivity contribution in [3.8, 4) is 11.3 Å². The largest absolute Gasteiger partial charge is 0.268 e. The lowest BCUT2D eigenvalue weighted by Crippen LogP contribution is -2.41. The van der Waals surface area contributed by atoms with Gasteiger partial charge in [-0.3, -0.25) is 4.79 Å². The number of nitrogens with zero attached hydrogens (tertiary/aromatic N) is 3. The molecule has 0 spiro atoms. The molecule has 0 bridgehead atoms. The SMILES string of the molecule is CCS(=O)(=O)N1CCC[C@H]1Cn1nc(-c2ccc(F)cc2)ccc1=O. The lowest BCUT2D eigenvalue weighted by molar-refractivity contribution is 0.336. The molecule has 1 atom stereocenters. The van der Waals surface area contributed by atoms with E-state index in [1.165, 1.54) is 27.2 Å². The maximum absolute atomic E-state index is 13.1. The van der Waals surface area contributed by atoms with Crippen LogP contribution in [0.4, 0.5) is 4.39 Å². The standard InChI is InChI=1S/C17H20FN3O3S/c1-2-25(23,24)21-11-3-4-15(21)12-20-17(22)10-9-16(19-20)13-5-7-14(18)8-6-13/h5-10,15H,2-4,11-12H2,1H3/t15-/m0/s1. The van der Waals surface area contributed by atoms with E-state index in [0.29, 0.717) is 24.2 Å². The first-order valence-corrected chi connectivity index (χ1v) is 9.85. The van der Waals surface area contributed by atoms with Gasteiger partial charge in [-0.1, -0.05) is 0 Å². The van der Waals surface area contributed by atoms with Gasteiger partial charge in [0, 0.05) is 24.2 Å². The maximum atomic E-state index is 13.1. The topological polar surface area (TPSA) is 72.3 Å². The van der Waals surface area contributed by atoms with Gasteiger partial charge in [-0.05, 0) is 50.1 Å². The van der Waals surface area contributed by atoms with E-state index in [4.69, 9.17) is 0 Å². The molecule has 2 heterocycles. The van der Waals surface area contributed by atoms with E-state index in [2.05, 4.69) is 5.10 Å². The van der Waals surface area contributed by atoms with Gasteiger partial charge < -0.3 is 0 Å². The molecule has 1 fully saturated rings. The van der Waals surface area contributed by atoms with Crippen molar-refractivity contribution in [2.75, 3.05) is 12.3 Å². The summed E-state index contributed by atoms with van der Waals surface area (Å²) < 4.78 is 40.2. The summed E-state index contributed by atoms with van der Waals surface area (Å²) in [7, 11) is -3.30. The average molecular weight is 365 g/mol. The molecule has 0 N–H and O–H groups in total. The van der Waals surface area contributed by atoms with Gasteiger partial charge in [-0.15, -0.1) is 0 Å². The smallest absolute Gasteiger partial charge is 0.266 e. The third-order valence-corrected chi connectivity index (χ3v) is 6.36. The molecule has 0 unspecified atom stereocenters. The maximum Gasteiger partial charge on any atom is 0.266 e. The van der Waals surface area contributed by atoms with Crippen LogP contribution in [0, 0.1) is 5.82 Å². The molecule has 1 aliphatic heterocycles. The van der Waals surface area contributed by atoms with E-state index < -0.39 is 10.0 Å². The molecule has 25 heavy (non-hydrogen) atoms. The van der Waals surface area contributed by atoms with Crippen molar-refractivity contribution in [2.24, 2.45) is 0 Å². The molecule has 0 amide bonds. The molecule has 134 valence electrons. The molecule has 1 aromatic heterocycles. The second-order valence-electron chi connectivity index (χ2n) is 6.05. The van der Waals surface area contributed by atoms with Crippen molar-refractivity contribution in [3.63, 3.8) is 0 Å². The van der Waals surface area contributed by atoms with Crippen molar-refractivity contribution < 1.29 is 12.8 Å². The van der Waals surface area contributed by atoms with Crippen molar-refractivity contribution in [2.45, 2.75) is 32.4 Å². The fourth-order valence-electron chi connectivity index (χ4n) is 3.08. The van der Waals surface area contributed by atoms with Crippen molar-refractivity contribution in [1.82, 2.24) is 14.1 Å². The molecule has 6 nitrogen and oxygen atoms in total. The van der Waals surface area contributed by atoms with Gasteiger partial charge in [0.25, 0.3) is 5.56 Å². The Morgan fingerprint density at radius 3 is 2.60 bits per heavy atom. The zero-order valence-corrected chi connectivity index (χ0v) is 14.7. The van der Waals surface area contributed by atoms with Gasteiger partial charge in [-0.2, -0.15) is 9.40 Å². The number of sulfonamides is 1. The molecule has 2 aromatic rings. The summed E-state index contributed by atoms with van der Waals surface area (Å²) in [6, 6.07) is 8.57. The van der Waals surface area contributed by atoms with Crippen LogP contribution in [0.1, 0.15) is 19.8 Å². The molecule has 8 heteroatoms. The average Bonchev–Trinajstić information content (AvgIpc) is 3.07. The van der Waals surface area contributed by atoms with Crippen LogP contribution in [-0.2, 0) is 16.6 Å². The van der Waals surface area contributed by atoms with E-state index in [1.54, 1.807) is 25.1 Å². The third kappa shape index (κ3) is 3.80. The number of aromatic nitrogens is 2. The van der Waals surface area contributed by atoms with Gasteiger partial charge in [0.2, 0.25) is 10.0 Å². The monoisotopic (exact) mass is 365 g/mol. The van der Waals surface area contributed by atoms with Crippen LogP contribution < -0.4 is 5.56 Å². The molecule has 0 radical (unpaired) electrons. The van der Waals surface area contributed by atoms with Gasteiger partial charge in [0.15, 0.2) is 0 Å². The first-order valence-electron chi connectivity index (χ1n) is 8.24. The Hall–Kier alpha value is -2.06. The molecule has 1 aliphatic rings. The summed E-state index contributed by atoms with van der Waals surface area (Å²) in [5.41, 5.74) is 0.953. The van der Waals surface area contributed by atoms with Crippen molar-refractivity contribution in [1.29, 1.82) is 0 Å². The van der Waals surface area contributed by atoms with Gasteiger partial charge in [0.05, 0.1) is 18.0 Å². The highest BCUT2D eigenvalue weighted by Crippen LogP contribution is 2.22. The Kier molecular flexibility index (Phi) is 5.01. The number of hydrogen-bond donors (Lipinski definition) is 0. The highest BCUT2D eigenvalue weighted by atomic mass is 32.2. The lowest BCUT2D eigenvalue weighted by atomic mass is 10.1. The summed E-state index contributed by atoms with van der Waals surface area (Å²) >= 11 is 0. The molecular formula is C17H20FN3O3S. The molecule has 1 saturated heterocycles. The summed E-state index contributed by atoms with van der Waals surface area (Å²) in [6.07, 6.45) is 1.48. The van der Waals surface area contributed by atoms with Crippen LogP contribution in [-0.4, -0.2) is 40.8 Å². The number of rotatable bonds is 5. The second-order valence-corrected chi connectivity index (χ2v) is 8.26. The Morgan fingerprint density at radius 2 is 1.92 bits per heavy atom. The van der Waals surface area contributed by atoms with Gasteiger partial charge in [0.1, 0.15) is 5.82 Å². The van der Waals surface area contributed by atoms with E-state index in [9.17, 15) is 17.6 Å². The summed E-state index contributed by atoms with van der Waals surface area (Å²) in [6.45, 7) is 2.31. The van der Waals surface area contributed by atoms with Gasteiger partial charge >= 0.3 is 0 Å². The number of hydrogen-bond acceptors (Lipinski definition) is 4. The Morgan fingerprint density at radius 1 is 1.20 bits per heavy atom. The fraction of sp³-hybridized carbons (Fsp3) is 0.412. The minimum atomic E-state index is -3.30. The summed E-state index contributed by atoms with van der Waals surface area (Å²) in [5, 5.41) is 4.34. The third-order valence-electron chi connectivity index (χ3n) is 4.44. The number of benzene rings is 1. The van der Waals surface area contributed by atoms with Crippen molar-refractivity contribution >= 4 is 10.0 Å². The minimum absolute atomic E-state index is 0.0431. The summed E-state index contributed by atoms with van der Waals surface area (Å²) in [5.74, 6) is -0.301. The van der Waals surface area contributed by atoms with Crippen LogP contribution in [0.3, 0.4) is 0 Å². The first kappa shape index (κ1) is 17.8. The zero-order chi connectivity index (χ0) is 18.0. The van der Waals surface area contributed by atoms with Crippen LogP contribution in [0.25, 0.3) is 11.3 Å². The van der Waals surface area contributed by atoms with Crippen LogP contribution in [0.2, 0.25) is 0 Å². The fourth-order valence-corrected chi connectivity index (χ4v) is 4.44. The van der Waals surface area contributed by atoms with Crippen LogP contribution in [0.5, 0.6) is 0 Å². The molecule has 1 aromatic carbocycles. The number of halogens is 1. The molecule has 0 aliphatic carbocycles. The van der Waals surface area contributed by atoms with E-state index in [0.717, 1.165) is 6.42 Å². The molecular weight excluding hydrogens is 345 g/mol. The van der Waals surface area contributed by atoms with Crippen LogP contribution >= 0.6 is 0 Å². The van der Waals surface area contributed by atoms with Gasteiger partial charge in [-0.25, -0.2) is 17.5 Å². The van der Waals surface area contributed by atoms with E-state index >= 15 is 0 Å². The first-order chi connectivity index (χ1) is 11.9. The Labute approximate surface area is 146 Å². The minimum Gasteiger partial charge on any atom is -0.268 e. The molecule has 3 rings (SSSR count). The van der Waals surface area contributed by atoms with Crippen LogP contribution in [0.15, 0.2) is 41.2 Å². The molecule has 0 saturated carbocycles. The normalized spacial score (nSPS) is 18.6. The second kappa shape index (κ2) is 7.05. The van der Waals surface area contributed by atoms with E-state index in [1.807, 2.05) is 0 Å². The quantitative estimate of drug-likeness (QED) is 0.811. The Balaban J connectivity index is 1.89. The highest BCUT2D eigenvalue weighted by Gasteiger charge is 2.33. The van der Waals surface area contributed by atoms with E-state index in [-0.39, 0.29) is 29.7 Å². The Bertz CT molecular complexity index is 909. The predicted octanol–water partition coefficient (Wildman–Crippen LogP) is 1.86. The highest BCUT2D eigenvalue weighted by molar-refractivity contribution is 7.89. The zero-order valence-electron chi connectivity index (χ0n) is 13.9.